The number of pyridine rings is 1. The molecule has 2 bridgehead atoms. The van der Waals surface area contributed by atoms with E-state index in [4.69, 9.17) is 9.97 Å². The maximum atomic E-state index is 17.1. The molecule has 0 spiro atoms. The van der Waals surface area contributed by atoms with E-state index in [1.165, 1.54) is 6.42 Å². The van der Waals surface area contributed by atoms with Crippen molar-refractivity contribution in [2.45, 2.75) is 51.2 Å². The topological polar surface area (TPSA) is 69.5 Å². The Bertz CT molecular complexity index is 1880. The number of hydrogen-bond acceptors (Lipinski definition) is 6. The van der Waals surface area contributed by atoms with Crippen molar-refractivity contribution in [2.75, 3.05) is 38.6 Å². The number of aryl methyl sites for hydroxylation is 2. The van der Waals surface area contributed by atoms with Gasteiger partial charge >= 0.3 is 0 Å². The van der Waals surface area contributed by atoms with Gasteiger partial charge in [-0.25, -0.2) is 14.4 Å². The normalized spacial score (nSPS) is 22.0. The number of nitrogens with one attached hydrogen (secondary N) is 1. The maximum Gasteiger partial charge on any atom is 0.157 e. The van der Waals surface area contributed by atoms with Gasteiger partial charge in [0, 0.05) is 49.1 Å². The van der Waals surface area contributed by atoms with Crippen LogP contribution in [0.5, 0.6) is 5.75 Å². The van der Waals surface area contributed by atoms with E-state index in [9.17, 15) is 5.11 Å². The molecule has 0 radical (unpaired) electrons. The maximum absolute atomic E-state index is 17.1. The standard InChI is InChI=1S/C34H37FN6O/c1-5-8-27-37-31-33(41(27)32-20-13-26(32)36-15-20)25-11-18(2)28(24-14-22(42)12-19-9-6-7-10-23(19)24)29(35)30(25)38-34(31)40-16-21(17-40)39(3)4/h6-7,9-12,14,20-21,26,32,36,42H,5,8,13,15-17H2,1-4H3. The van der Waals surface area contributed by atoms with Gasteiger partial charge in [-0.05, 0) is 79.9 Å². The Morgan fingerprint density at radius 3 is 2.60 bits per heavy atom. The van der Waals surface area contributed by atoms with Crippen molar-refractivity contribution >= 4 is 38.5 Å². The van der Waals surface area contributed by atoms with Crippen LogP contribution in [0.1, 0.15) is 37.2 Å². The van der Waals surface area contributed by atoms with E-state index in [0.717, 1.165) is 76.9 Å². The SMILES string of the molecule is CCCc1nc2c(N3CC(N(C)C)C3)nc3c(F)c(-c4cc(O)cc5ccccc45)c(C)cc3c2n1C1C2CNC1C2. The Kier molecular flexibility index (Phi) is 5.79. The molecule has 0 amide bonds. The Balaban J connectivity index is 1.43. The van der Waals surface area contributed by atoms with Gasteiger partial charge in [-0.3, -0.25) is 0 Å². The molecular weight excluding hydrogens is 527 g/mol. The van der Waals surface area contributed by atoms with E-state index < -0.39 is 0 Å². The number of fused-ring (bicyclic) bond motifs is 5. The van der Waals surface area contributed by atoms with Crippen molar-refractivity contribution in [3.8, 4) is 16.9 Å². The van der Waals surface area contributed by atoms with Gasteiger partial charge in [0.1, 0.15) is 22.6 Å². The summed E-state index contributed by atoms with van der Waals surface area (Å²) in [5.74, 6) is 2.21. The van der Waals surface area contributed by atoms with Crippen LogP contribution in [0.3, 0.4) is 0 Å². The zero-order valence-electron chi connectivity index (χ0n) is 24.7. The minimum Gasteiger partial charge on any atom is -0.508 e. The lowest BCUT2D eigenvalue weighted by molar-refractivity contribution is 0.220. The fourth-order valence-corrected chi connectivity index (χ4v) is 7.68. The first-order valence-electron chi connectivity index (χ1n) is 15.2. The van der Waals surface area contributed by atoms with E-state index in [1.54, 1.807) is 12.1 Å². The number of aromatic hydroxyl groups is 1. The predicted molar refractivity (Wildman–Crippen MR) is 167 cm³/mol. The number of anilines is 1. The molecule has 5 aromatic rings. The van der Waals surface area contributed by atoms with E-state index in [1.807, 2.05) is 31.2 Å². The molecule has 3 saturated heterocycles. The third-order valence-electron chi connectivity index (χ3n) is 9.98. The molecule has 1 saturated carbocycles. The molecule has 3 aromatic carbocycles. The van der Waals surface area contributed by atoms with Crippen molar-refractivity contribution in [3.05, 3.63) is 59.7 Å². The van der Waals surface area contributed by atoms with Crippen LogP contribution in [-0.2, 0) is 6.42 Å². The average molecular weight is 565 g/mol. The number of benzene rings is 3. The van der Waals surface area contributed by atoms with E-state index in [2.05, 4.69) is 46.8 Å². The predicted octanol–water partition coefficient (Wildman–Crippen LogP) is 5.79. The lowest BCUT2D eigenvalue weighted by Crippen LogP contribution is -2.57. The molecular formula is C34H37FN6O. The minimum atomic E-state index is -0.340. The molecule has 2 aromatic heterocycles. The Morgan fingerprint density at radius 1 is 1.07 bits per heavy atom. The molecule has 216 valence electrons. The van der Waals surface area contributed by atoms with Crippen molar-refractivity contribution in [1.29, 1.82) is 0 Å². The van der Waals surface area contributed by atoms with E-state index in [-0.39, 0.29) is 11.6 Å². The third kappa shape index (κ3) is 3.64. The monoisotopic (exact) mass is 564 g/mol. The van der Waals surface area contributed by atoms with Crippen LogP contribution in [0.4, 0.5) is 10.2 Å². The zero-order valence-corrected chi connectivity index (χ0v) is 24.7. The summed E-state index contributed by atoms with van der Waals surface area (Å²) in [6.45, 7) is 6.86. The summed E-state index contributed by atoms with van der Waals surface area (Å²) in [5.41, 5.74) is 4.29. The Labute approximate surface area is 245 Å². The molecule has 4 aliphatic rings. The number of phenolic OH excluding ortho intramolecular Hbond substituents is 1. The zero-order chi connectivity index (χ0) is 28.9. The second-order valence-electron chi connectivity index (χ2n) is 12.8. The summed E-state index contributed by atoms with van der Waals surface area (Å²) in [6, 6.07) is 14.5. The van der Waals surface area contributed by atoms with Crippen LogP contribution >= 0.6 is 0 Å². The van der Waals surface area contributed by atoms with Gasteiger partial charge in [0.2, 0.25) is 0 Å². The van der Waals surface area contributed by atoms with Crippen LogP contribution in [0.25, 0.3) is 43.8 Å². The summed E-state index contributed by atoms with van der Waals surface area (Å²) in [5, 5.41) is 16.9. The molecule has 2 N–H and O–H groups in total. The van der Waals surface area contributed by atoms with E-state index >= 15 is 4.39 Å². The second-order valence-corrected chi connectivity index (χ2v) is 12.8. The average Bonchev–Trinajstić information content (AvgIpc) is 3.65. The van der Waals surface area contributed by atoms with Crippen LogP contribution in [0.2, 0.25) is 0 Å². The molecule has 1 aliphatic carbocycles. The number of halogens is 1. The van der Waals surface area contributed by atoms with Crippen molar-refractivity contribution in [2.24, 2.45) is 5.92 Å². The summed E-state index contributed by atoms with van der Waals surface area (Å²) >= 11 is 0. The molecule has 4 fully saturated rings. The molecule has 5 heterocycles. The fourth-order valence-electron chi connectivity index (χ4n) is 7.68. The summed E-state index contributed by atoms with van der Waals surface area (Å²) in [7, 11) is 4.21. The number of nitrogens with zero attached hydrogens (tertiary/aromatic N) is 5. The first-order chi connectivity index (χ1) is 20.3. The molecule has 42 heavy (non-hydrogen) atoms. The molecule has 3 unspecified atom stereocenters. The van der Waals surface area contributed by atoms with Crippen molar-refractivity contribution in [3.63, 3.8) is 0 Å². The number of phenols is 1. The molecule has 9 rings (SSSR count). The summed E-state index contributed by atoms with van der Waals surface area (Å²) < 4.78 is 19.6. The highest BCUT2D eigenvalue weighted by Crippen LogP contribution is 2.49. The molecule has 7 nitrogen and oxygen atoms in total. The summed E-state index contributed by atoms with van der Waals surface area (Å²) in [4.78, 5) is 14.9. The molecule has 8 heteroatoms. The van der Waals surface area contributed by atoms with Crippen LogP contribution in [-0.4, -0.2) is 70.4 Å². The van der Waals surface area contributed by atoms with Gasteiger partial charge in [0.25, 0.3) is 0 Å². The highest BCUT2D eigenvalue weighted by Gasteiger charge is 2.49. The number of likely N-dealkylation sites (N-methyl/N-ethyl adjacent to an activating group) is 1. The van der Waals surface area contributed by atoms with Gasteiger partial charge in [0.15, 0.2) is 11.6 Å². The quantitative estimate of drug-likeness (QED) is 0.272. The smallest absolute Gasteiger partial charge is 0.157 e. The largest absolute Gasteiger partial charge is 0.508 e. The van der Waals surface area contributed by atoms with Crippen LogP contribution in [0.15, 0.2) is 42.5 Å². The van der Waals surface area contributed by atoms with Crippen LogP contribution < -0.4 is 10.2 Å². The number of rotatable bonds is 6. The molecule has 3 aliphatic heterocycles. The van der Waals surface area contributed by atoms with E-state index in [0.29, 0.717) is 40.7 Å². The van der Waals surface area contributed by atoms with Gasteiger partial charge in [-0.15, -0.1) is 0 Å². The highest BCUT2D eigenvalue weighted by molar-refractivity contribution is 6.10. The fraction of sp³-hybridized carbons (Fsp3) is 0.412. The minimum absolute atomic E-state index is 0.122. The van der Waals surface area contributed by atoms with Gasteiger partial charge in [-0.2, -0.15) is 0 Å². The number of aromatic nitrogens is 3. The number of imidazole rings is 1. The third-order valence-corrected chi connectivity index (χ3v) is 9.98. The first kappa shape index (κ1) is 25.9. The van der Waals surface area contributed by atoms with Crippen LogP contribution in [0, 0.1) is 18.7 Å². The van der Waals surface area contributed by atoms with Gasteiger partial charge in [-0.1, -0.05) is 31.2 Å². The highest BCUT2D eigenvalue weighted by atomic mass is 19.1. The Morgan fingerprint density at radius 2 is 1.88 bits per heavy atom. The second kappa shape index (κ2) is 9.38. The van der Waals surface area contributed by atoms with Gasteiger partial charge < -0.3 is 24.8 Å². The first-order valence-corrected chi connectivity index (χ1v) is 15.2. The van der Waals surface area contributed by atoms with Gasteiger partial charge in [0.05, 0.1) is 11.6 Å². The lowest BCUT2D eigenvalue weighted by atomic mass is 9.79. The lowest BCUT2D eigenvalue weighted by Gasteiger charge is -2.43. The van der Waals surface area contributed by atoms with Crippen molar-refractivity contribution < 1.29 is 9.50 Å². The molecule has 3 atom stereocenters. The van der Waals surface area contributed by atoms with Crippen molar-refractivity contribution in [1.82, 2.24) is 24.8 Å². The Hall–Kier alpha value is -3.75. The number of hydrogen-bond donors (Lipinski definition) is 2. The summed E-state index contributed by atoms with van der Waals surface area (Å²) in [6.07, 6.45) is 3.05.